The second kappa shape index (κ2) is 5.14. The lowest BCUT2D eigenvalue weighted by Gasteiger charge is -2.05. The topological polar surface area (TPSA) is 64.3 Å². The molecule has 0 amide bonds. The summed E-state index contributed by atoms with van der Waals surface area (Å²) >= 11 is 0. The van der Waals surface area contributed by atoms with Crippen molar-refractivity contribution in [2.24, 2.45) is 7.05 Å². The SMILES string of the molecule is COc1ccc(-c2c(C)c(CC(=O)O)nn2C)cc1. The van der Waals surface area contributed by atoms with E-state index >= 15 is 0 Å². The van der Waals surface area contributed by atoms with Gasteiger partial charge in [0.1, 0.15) is 5.75 Å². The summed E-state index contributed by atoms with van der Waals surface area (Å²) in [7, 11) is 3.44. The molecule has 0 atom stereocenters. The monoisotopic (exact) mass is 260 g/mol. The number of carbonyl (C=O) groups is 1. The molecule has 0 aliphatic carbocycles. The molecule has 5 heteroatoms. The Morgan fingerprint density at radius 3 is 2.53 bits per heavy atom. The predicted octanol–water partition coefficient (Wildman–Crippen LogP) is 2.03. The fourth-order valence-corrected chi connectivity index (χ4v) is 2.15. The maximum Gasteiger partial charge on any atom is 0.309 e. The largest absolute Gasteiger partial charge is 0.497 e. The smallest absolute Gasteiger partial charge is 0.309 e. The second-order valence-corrected chi connectivity index (χ2v) is 4.34. The van der Waals surface area contributed by atoms with Crippen molar-refractivity contribution in [3.63, 3.8) is 0 Å². The van der Waals surface area contributed by atoms with Crippen molar-refractivity contribution in [2.45, 2.75) is 13.3 Å². The first-order valence-corrected chi connectivity index (χ1v) is 5.91. The summed E-state index contributed by atoms with van der Waals surface area (Å²) < 4.78 is 6.84. The molecular formula is C14H16N2O3. The van der Waals surface area contributed by atoms with Crippen LogP contribution in [0.5, 0.6) is 5.75 Å². The fraction of sp³-hybridized carbons (Fsp3) is 0.286. The quantitative estimate of drug-likeness (QED) is 0.913. The molecule has 0 fully saturated rings. The van der Waals surface area contributed by atoms with E-state index in [0.717, 1.165) is 22.6 Å². The molecule has 1 aromatic carbocycles. The van der Waals surface area contributed by atoms with E-state index in [-0.39, 0.29) is 6.42 Å². The van der Waals surface area contributed by atoms with E-state index < -0.39 is 5.97 Å². The first kappa shape index (κ1) is 13.1. The van der Waals surface area contributed by atoms with Gasteiger partial charge in [-0.05, 0) is 36.8 Å². The number of carboxylic acids is 1. The zero-order chi connectivity index (χ0) is 14.0. The molecule has 0 saturated carbocycles. The van der Waals surface area contributed by atoms with Gasteiger partial charge in [-0.1, -0.05) is 0 Å². The van der Waals surface area contributed by atoms with E-state index in [1.807, 2.05) is 38.2 Å². The van der Waals surface area contributed by atoms with Crippen LogP contribution in [0.3, 0.4) is 0 Å². The van der Waals surface area contributed by atoms with Crippen molar-refractivity contribution in [1.29, 1.82) is 0 Å². The molecule has 5 nitrogen and oxygen atoms in total. The van der Waals surface area contributed by atoms with Gasteiger partial charge in [0.2, 0.25) is 0 Å². The normalized spacial score (nSPS) is 10.5. The van der Waals surface area contributed by atoms with E-state index in [1.165, 1.54) is 0 Å². The van der Waals surface area contributed by atoms with E-state index in [2.05, 4.69) is 5.10 Å². The molecule has 0 spiro atoms. The molecule has 0 saturated heterocycles. The molecule has 0 aliphatic heterocycles. The van der Waals surface area contributed by atoms with E-state index in [0.29, 0.717) is 5.69 Å². The first-order valence-electron chi connectivity index (χ1n) is 5.91. The van der Waals surface area contributed by atoms with Crippen LogP contribution in [0, 0.1) is 6.92 Å². The fourth-order valence-electron chi connectivity index (χ4n) is 2.15. The van der Waals surface area contributed by atoms with Crippen LogP contribution in [0.1, 0.15) is 11.3 Å². The van der Waals surface area contributed by atoms with Crippen molar-refractivity contribution in [2.75, 3.05) is 7.11 Å². The van der Waals surface area contributed by atoms with Crippen molar-refractivity contribution in [3.8, 4) is 17.0 Å². The van der Waals surface area contributed by atoms with Gasteiger partial charge in [-0.25, -0.2) is 0 Å². The van der Waals surface area contributed by atoms with Gasteiger partial charge in [-0.15, -0.1) is 0 Å². The number of hydrogen-bond donors (Lipinski definition) is 1. The Hall–Kier alpha value is -2.30. The van der Waals surface area contributed by atoms with Gasteiger partial charge in [0, 0.05) is 12.6 Å². The average molecular weight is 260 g/mol. The zero-order valence-electron chi connectivity index (χ0n) is 11.2. The van der Waals surface area contributed by atoms with Gasteiger partial charge in [0.15, 0.2) is 0 Å². The lowest BCUT2D eigenvalue weighted by Crippen LogP contribution is -2.02. The number of nitrogens with zero attached hydrogens (tertiary/aromatic N) is 2. The summed E-state index contributed by atoms with van der Waals surface area (Å²) in [4.78, 5) is 10.8. The molecular weight excluding hydrogens is 244 g/mol. The van der Waals surface area contributed by atoms with E-state index in [1.54, 1.807) is 11.8 Å². The minimum atomic E-state index is -0.873. The molecule has 1 aromatic heterocycles. The Kier molecular flexibility index (Phi) is 3.55. The number of methoxy groups -OCH3 is 1. The number of carboxylic acid groups (broad SMARTS) is 1. The van der Waals surface area contributed by atoms with Gasteiger partial charge in [-0.3, -0.25) is 9.48 Å². The molecule has 1 N–H and O–H groups in total. The minimum Gasteiger partial charge on any atom is -0.497 e. The summed E-state index contributed by atoms with van der Waals surface area (Å²) in [6.07, 6.45) is -0.0597. The molecule has 1 heterocycles. The third-order valence-corrected chi connectivity index (χ3v) is 3.06. The third kappa shape index (κ3) is 2.59. The predicted molar refractivity (Wildman–Crippen MR) is 71.3 cm³/mol. The summed E-state index contributed by atoms with van der Waals surface area (Å²) in [5.41, 5.74) is 3.42. The van der Waals surface area contributed by atoms with Gasteiger partial charge in [-0.2, -0.15) is 5.10 Å². The van der Waals surface area contributed by atoms with Crippen LogP contribution in [-0.2, 0) is 18.3 Å². The maximum absolute atomic E-state index is 10.8. The average Bonchev–Trinajstić information content (AvgIpc) is 2.64. The Morgan fingerprint density at radius 1 is 1.37 bits per heavy atom. The highest BCUT2D eigenvalue weighted by Gasteiger charge is 2.16. The Balaban J connectivity index is 2.43. The van der Waals surface area contributed by atoms with Crippen LogP contribution in [0.2, 0.25) is 0 Å². The van der Waals surface area contributed by atoms with Crippen molar-refractivity contribution >= 4 is 5.97 Å². The minimum absolute atomic E-state index is 0.0597. The van der Waals surface area contributed by atoms with Crippen molar-refractivity contribution in [3.05, 3.63) is 35.5 Å². The Labute approximate surface area is 111 Å². The summed E-state index contributed by atoms with van der Waals surface area (Å²) in [6.45, 7) is 1.89. The second-order valence-electron chi connectivity index (χ2n) is 4.34. The number of rotatable bonds is 4. The van der Waals surface area contributed by atoms with Crippen LogP contribution < -0.4 is 4.74 Å². The van der Waals surface area contributed by atoms with Crippen LogP contribution >= 0.6 is 0 Å². The first-order chi connectivity index (χ1) is 9.02. The molecule has 2 aromatic rings. The molecule has 100 valence electrons. The van der Waals surface area contributed by atoms with E-state index in [4.69, 9.17) is 9.84 Å². The van der Waals surface area contributed by atoms with Gasteiger partial charge in [0.25, 0.3) is 0 Å². The van der Waals surface area contributed by atoms with Crippen LogP contribution in [-0.4, -0.2) is 28.0 Å². The van der Waals surface area contributed by atoms with Gasteiger partial charge < -0.3 is 9.84 Å². The molecule has 0 bridgehead atoms. The molecule has 0 radical (unpaired) electrons. The number of aryl methyl sites for hydroxylation is 1. The third-order valence-electron chi connectivity index (χ3n) is 3.06. The highest BCUT2D eigenvalue weighted by atomic mass is 16.5. The van der Waals surface area contributed by atoms with Crippen LogP contribution in [0.4, 0.5) is 0 Å². The van der Waals surface area contributed by atoms with Crippen LogP contribution in [0.25, 0.3) is 11.3 Å². The summed E-state index contributed by atoms with van der Waals surface area (Å²) in [5, 5.41) is 13.1. The number of aromatic nitrogens is 2. The summed E-state index contributed by atoms with van der Waals surface area (Å²) in [5.74, 6) is -0.0863. The number of benzene rings is 1. The highest BCUT2D eigenvalue weighted by molar-refractivity contribution is 5.72. The number of hydrogen-bond acceptors (Lipinski definition) is 3. The van der Waals surface area contributed by atoms with Gasteiger partial charge >= 0.3 is 5.97 Å². The lowest BCUT2D eigenvalue weighted by molar-refractivity contribution is -0.136. The summed E-state index contributed by atoms with van der Waals surface area (Å²) in [6, 6.07) is 7.62. The lowest BCUT2D eigenvalue weighted by atomic mass is 10.1. The molecule has 19 heavy (non-hydrogen) atoms. The Morgan fingerprint density at radius 2 is 2.00 bits per heavy atom. The van der Waals surface area contributed by atoms with Gasteiger partial charge in [0.05, 0.1) is 24.9 Å². The van der Waals surface area contributed by atoms with Crippen molar-refractivity contribution in [1.82, 2.24) is 9.78 Å². The maximum atomic E-state index is 10.8. The number of aliphatic carboxylic acids is 1. The molecule has 0 unspecified atom stereocenters. The van der Waals surface area contributed by atoms with E-state index in [9.17, 15) is 4.79 Å². The number of ether oxygens (including phenoxy) is 1. The standard InChI is InChI=1S/C14H16N2O3/c1-9-12(8-13(17)18)15-16(2)14(9)10-4-6-11(19-3)7-5-10/h4-7H,8H2,1-3H3,(H,17,18). The molecule has 2 rings (SSSR count). The molecule has 0 aliphatic rings. The highest BCUT2D eigenvalue weighted by Crippen LogP contribution is 2.27. The van der Waals surface area contributed by atoms with Crippen molar-refractivity contribution < 1.29 is 14.6 Å². The zero-order valence-corrected chi connectivity index (χ0v) is 11.2. The van der Waals surface area contributed by atoms with Crippen LogP contribution in [0.15, 0.2) is 24.3 Å². The Bertz CT molecular complexity index is 600.